The van der Waals surface area contributed by atoms with E-state index in [1.807, 2.05) is 34.6 Å². The Morgan fingerprint density at radius 3 is 2.06 bits per heavy atom. The van der Waals surface area contributed by atoms with E-state index in [9.17, 15) is 5.11 Å². The Morgan fingerprint density at radius 1 is 1.22 bits per heavy atom. The minimum Gasteiger partial charge on any atom is -0.508 e. The molecule has 1 heterocycles. The number of phenolic OH excluding ortho intramolecular Hbond substituents is 1. The second kappa shape index (κ2) is 5.19. The molecule has 0 amide bonds. The molecule has 0 aromatic heterocycles. The highest BCUT2D eigenvalue weighted by molar-refractivity contribution is 5.31. The summed E-state index contributed by atoms with van der Waals surface area (Å²) in [4.78, 5) is 0. The number of benzene rings is 1. The van der Waals surface area contributed by atoms with Crippen molar-refractivity contribution in [1.82, 2.24) is 0 Å². The maximum absolute atomic E-state index is 9.19. The average Bonchev–Trinajstić information content (AvgIpc) is 2.95. The fourth-order valence-corrected chi connectivity index (χ4v) is 1.87. The summed E-state index contributed by atoms with van der Waals surface area (Å²) in [5, 5.41) is 9.19. The molecule has 1 aromatic rings. The minimum atomic E-state index is -0.386. The number of hydrogen-bond acceptors (Lipinski definition) is 3. The summed E-state index contributed by atoms with van der Waals surface area (Å²) in [5.41, 5.74) is -0.617. The molecule has 0 bridgehead atoms. The molecule has 1 saturated heterocycles. The number of epoxide rings is 1. The van der Waals surface area contributed by atoms with Gasteiger partial charge in [-0.25, -0.2) is 0 Å². The third kappa shape index (κ3) is 2.78. The third-order valence-corrected chi connectivity index (χ3v) is 3.55. The molecule has 1 N–H and O–H groups in total. The van der Waals surface area contributed by atoms with Gasteiger partial charge in [0.25, 0.3) is 0 Å². The Labute approximate surface area is 110 Å². The second-order valence-corrected chi connectivity index (χ2v) is 4.97. The normalized spacial score (nSPS) is 26.0. The summed E-state index contributed by atoms with van der Waals surface area (Å²) in [5.74, 6) is 0.985. The van der Waals surface area contributed by atoms with Crippen molar-refractivity contribution >= 4 is 0 Å². The second-order valence-electron chi connectivity index (χ2n) is 4.97. The molecule has 0 aliphatic carbocycles. The van der Waals surface area contributed by atoms with Crippen LogP contribution in [0.5, 0.6) is 11.5 Å². The first-order valence-electron chi connectivity index (χ1n) is 6.51. The van der Waals surface area contributed by atoms with Crippen LogP contribution in [0, 0.1) is 0 Å². The molecule has 0 spiro atoms. The van der Waals surface area contributed by atoms with Gasteiger partial charge in [-0.15, -0.1) is 0 Å². The van der Waals surface area contributed by atoms with Gasteiger partial charge in [-0.3, -0.25) is 0 Å². The van der Waals surface area contributed by atoms with Gasteiger partial charge in [0.05, 0.1) is 6.10 Å². The Kier molecular flexibility index (Phi) is 4.28. The molecule has 1 aromatic carbocycles. The molecule has 1 fully saturated rings. The lowest BCUT2D eigenvalue weighted by atomic mass is 9.89. The largest absolute Gasteiger partial charge is 0.508 e. The fourth-order valence-electron chi connectivity index (χ4n) is 1.87. The van der Waals surface area contributed by atoms with Crippen molar-refractivity contribution in [2.75, 3.05) is 0 Å². The van der Waals surface area contributed by atoms with Crippen molar-refractivity contribution in [1.29, 1.82) is 0 Å². The van der Waals surface area contributed by atoms with Crippen molar-refractivity contribution in [3.05, 3.63) is 24.3 Å². The zero-order valence-electron chi connectivity index (χ0n) is 12.2. The van der Waals surface area contributed by atoms with Gasteiger partial charge in [0, 0.05) is 0 Å². The third-order valence-electron chi connectivity index (χ3n) is 3.55. The minimum absolute atomic E-state index is 0.222. The molecule has 1 aliphatic rings. The first-order chi connectivity index (χ1) is 8.35. The lowest BCUT2D eigenvalue weighted by Gasteiger charge is -2.31. The molecule has 3 heteroatoms. The van der Waals surface area contributed by atoms with Crippen LogP contribution in [0.3, 0.4) is 0 Å². The lowest BCUT2D eigenvalue weighted by molar-refractivity contribution is 0.0267. The maximum Gasteiger partial charge on any atom is 0.134 e. The first kappa shape index (κ1) is 14.8. The van der Waals surface area contributed by atoms with E-state index >= 15 is 0 Å². The van der Waals surface area contributed by atoms with Crippen molar-refractivity contribution in [3.8, 4) is 11.5 Å². The van der Waals surface area contributed by atoms with Crippen molar-refractivity contribution in [3.63, 3.8) is 0 Å². The van der Waals surface area contributed by atoms with Crippen LogP contribution < -0.4 is 4.74 Å². The van der Waals surface area contributed by atoms with Gasteiger partial charge in [0.2, 0.25) is 0 Å². The van der Waals surface area contributed by atoms with Gasteiger partial charge < -0.3 is 14.6 Å². The molecule has 18 heavy (non-hydrogen) atoms. The van der Waals surface area contributed by atoms with Gasteiger partial charge in [0.15, 0.2) is 0 Å². The van der Waals surface area contributed by atoms with Gasteiger partial charge in [-0.1, -0.05) is 13.8 Å². The smallest absolute Gasteiger partial charge is 0.134 e. The highest BCUT2D eigenvalue weighted by Crippen LogP contribution is 2.46. The Bertz CT molecular complexity index is 383. The lowest BCUT2D eigenvalue weighted by Crippen LogP contribution is -2.44. The highest BCUT2D eigenvalue weighted by atomic mass is 16.6. The van der Waals surface area contributed by atoms with Crippen LogP contribution in [0.25, 0.3) is 0 Å². The Morgan fingerprint density at radius 2 is 1.67 bits per heavy atom. The van der Waals surface area contributed by atoms with E-state index in [0.717, 1.165) is 5.75 Å². The van der Waals surface area contributed by atoms with Crippen LogP contribution in [-0.4, -0.2) is 22.4 Å². The van der Waals surface area contributed by atoms with Gasteiger partial charge in [-0.05, 0) is 52.0 Å². The zero-order valence-corrected chi connectivity index (χ0v) is 12.2. The molecule has 2 unspecified atom stereocenters. The molecule has 1 aliphatic heterocycles. The van der Waals surface area contributed by atoms with E-state index in [2.05, 4.69) is 6.92 Å². The molecule has 2 atom stereocenters. The predicted molar refractivity (Wildman–Crippen MR) is 73.1 cm³/mol. The summed E-state index contributed by atoms with van der Waals surface area (Å²) in [6.45, 7) is 12.1. The van der Waals surface area contributed by atoms with Gasteiger partial charge in [0.1, 0.15) is 22.7 Å². The highest BCUT2D eigenvalue weighted by Gasteiger charge is 2.61. The number of aromatic hydroxyl groups is 1. The van der Waals surface area contributed by atoms with E-state index in [1.165, 1.54) is 0 Å². The monoisotopic (exact) mass is 252 g/mol. The molecular formula is C15H24O3. The molecular weight excluding hydrogens is 228 g/mol. The predicted octanol–water partition coefficient (Wildman–Crippen LogP) is 3.75. The summed E-state index contributed by atoms with van der Waals surface area (Å²) in [6.07, 6.45) is 0.222. The van der Waals surface area contributed by atoms with E-state index in [0.29, 0.717) is 0 Å². The molecule has 3 nitrogen and oxygen atoms in total. The van der Waals surface area contributed by atoms with E-state index in [4.69, 9.17) is 9.47 Å². The van der Waals surface area contributed by atoms with E-state index in [-0.39, 0.29) is 23.1 Å². The summed E-state index contributed by atoms with van der Waals surface area (Å²) in [6, 6.07) is 6.75. The van der Waals surface area contributed by atoms with Crippen molar-refractivity contribution in [2.24, 2.45) is 0 Å². The van der Waals surface area contributed by atoms with Crippen LogP contribution in [0.2, 0.25) is 0 Å². The van der Waals surface area contributed by atoms with Crippen LogP contribution in [0.1, 0.15) is 41.5 Å². The van der Waals surface area contributed by atoms with E-state index < -0.39 is 0 Å². The standard InChI is InChI=1S/C13H18O3.C2H6/c1-9-13(4,15-9)12(2,3)16-11-7-5-10(14)6-8-11;1-2/h5-9,14H,1-4H3;1-2H3. The van der Waals surface area contributed by atoms with Crippen LogP contribution >= 0.6 is 0 Å². The van der Waals surface area contributed by atoms with Crippen molar-refractivity contribution in [2.45, 2.75) is 58.8 Å². The van der Waals surface area contributed by atoms with Gasteiger partial charge in [-0.2, -0.15) is 0 Å². The molecule has 0 radical (unpaired) electrons. The molecule has 0 saturated carbocycles. The topological polar surface area (TPSA) is 42.0 Å². The van der Waals surface area contributed by atoms with Crippen LogP contribution in [-0.2, 0) is 4.74 Å². The molecule has 102 valence electrons. The number of ether oxygens (including phenoxy) is 2. The number of rotatable bonds is 3. The van der Waals surface area contributed by atoms with E-state index in [1.54, 1.807) is 24.3 Å². The first-order valence-corrected chi connectivity index (χ1v) is 6.51. The Balaban J connectivity index is 0.000000771. The summed E-state index contributed by atoms with van der Waals surface area (Å²) < 4.78 is 11.5. The fraction of sp³-hybridized carbons (Fsp3) is 0.600. The van der Waals surface area contributed by atoms with Crippen LogP contribution in [0.15, 0.2) is 24.3 Å². The van der Waals surface area contributed by atoms with Crippen molar-refractivity contribution < 1.29 is 14.6 Å². The van der Waals surface area contributed by atoms with Crippen LogP contribution in [0.4, 0.5) is 0 Å². The summed E-state index contributed by atoms with van der Waals surface area (Å²) in [7, 11) is 0. The average molecular weight is 252 g/mol. The summed E-state index contributed by atoms with van der Waals surface area (Å²) >= 11 is 0. The quantitative estimate of drug-likeness (QED) is 0.833. The SMILES string of the molecule is CC.CC1OC1(C)C(C)(C)Oc1ccc(O)cc1. The number of hydrogen-bond donors (Lipinski definition) is 1. The number of phenols is 1. The zero-order chi connectivity index (χ0) is 14.0. The Hall–Kier alpha value is -1.22. The molecule has 2 rings (SSSR count). The maximum atomic E-state index is 9.19. The van der Waals surface area contributed by atoms with Gasteiger partial charge >= 0.3 is 0 Å².